The number of halogens is 1. The number of ether oxygens (including phenoxy) is 2. The second kappa shape index (κ2) is 8.18. The zero-order valence-corrected chi connectivity index (χ0v) is 11.2. The first kappa shape index (κ1) is 15.1. The number of hydrogen-bond acceptors (Lipinski definition) is 4. The third-order valence-corrected chi connectivity index (χ3v) is 3.73. The summed E-state index contributed by atoms with van der Waals surface area (Å²) in [5.41, 5.74) is 5.75. The molecule has 2 N–H and O–H groups in total. The SMILES string of the molecule is COCCOCCCS(=O)c1ccc(N)cc1F. The van der Waals surface area contributed by atoms with Gasteiger partial charge in [0.15, 0.2) is 0 Å². The molecule has 0 saturated carbocycles. The molecule has 0 fully saturated rings. The van der Waals surface area contributed by atoms with Gasteiger partial charge in [-0.3, -0.25) is 4.21 Å². The molecular formula is C12H18FNO3S. The van der Waals surface area contributed by atoms with Crippen LogP contribution in [0.3, 0.4) is 0 Å². The molecule has 0 radical (unpaired) electrons. The molecule has 0 heterocycles. The number of benzene rings is 1. The number of nitrogen functional groups attached to an aromatic ring is 1. The summed E-state index contributed by atoms with van der Waals surface area (Å²) >= 11 is 0. The van der Waals surface area contributed by atoms with Crippen LogP contribution in [0.4, 0.5) is 10.1 Å². The molecule has 1 aromatic carbocycles. The molecule has 0 aliphatic carbocycles. The summed E-state index contributed by atoms with van der Waals surface area (Å²) in [6.07, 6.45) is 0.611. The highest BCUT2D eigenvalue weighted by atomic mass is 32.2. The Labute approximate surface area is 109 Å². The van der Waals surface area contributed by atoms with Crippen molar-refractivity contribution in [3.05, 3.63) is 24.0 Å². The van der Waals surface area contributed by atoms with E-state index in [1.807, 2.05) is 0 Å². The molecule has 0 saturated heterocycles. The molecule has 0 aliphatic heterocycles. The maximum absolute atomic E-state index is 13.5. The molecule has 1 atom stereocenters. The van der Waals surface area contributed by atoms with Gasteiger partial charge in [-0.25, -0.2) is 4.39 Å². The Morgan fingerprint density at radius 1 is 1.33 bits per heavy atom. The van der Waals surface area contributed by atoms with Crippen LogP contribution in [0, 0.1) is 5.82 Å². The van der Waals surface area contributed by atoms with Gasteiger partial charge in [0.2, 0.25) is 0 Å². The van der Waals surface area contributed by atoms with E-state index < -0.39 is 16.6 Å². The van der Waals surface area contributed by atoms with Gasteiger partial charge in [-0.15, -0.1) is 0 Å². The molecule has 0 aliphatic rings. The van der Waals surface area contributed by atoms with Crippen molar-refractivity contribution in [3.63, 3.8) is 0 Å². The third kappa shape index (κ3) is 5.12. The second-order valence-electron chi connectivity index (χ2n) is 3.70. The standard InChI is InChI=1S/C12H18FNO3S/c1-16-6-7-17-5-2-8-18(15)12-4-3-10(14)9-11(12)13/h3-4,9H,2,5-8,14H2,1H3. The minimum absolute atomic E-state index is 0.195. The van der Waals surface area contributed by atoms with Crippen LogP contribution in [0.5, 0.6) is 0 Å². The number of rotatable bonds is 8. The van der Waals surface area contributed by atoms with Crippen LogP contribution in [0.15, 0.2) is 23.1 Å². The number of hydrogen-bond donors (Lipinski definition) is 1. The average molecular weight is 275 g/mol. The first-order valence-corrected chi connectivity index (χ1v) is 6.97. The van der Waals surface area contributed by atoms with Gasteiger partial charge >= 0.3 is 0 Å². The van der Waals surface area contributed by atoms with E-state index in [0.717, 1.165) is 0 Å². The zero-order chi connectivity index (χ0) is 13.4. The van der Waals surface area contributed by atoms with Gasteiger partial charge in [0.1, 0.15) is 5.82 Å². The monoisotopic (exact) mass is 275 g/mol. The third-order valence-electron chi connectivity index (χ3n) is 2.25. The van der Waals surface area contributed by atoms with E-state index in [0.29, 0.717) is 37.7 Å². The Balaban J connectivity index is 2.32. The lowest BCUT2D eigenvalue weighted by molar-refractivity contribution is 0.0713. The van der Waals surface area contributed by atoms with E-state index in [1.165, 1.54) is 12.1 Å². The van der Waals surface area contributed by atoms with Crippen LogP contribution in [0.25, 0.3) is 0 Å². The van der Waals surface area contributed by atoms with Gasteiger partial charge in [0, 0.05) is 25.2 Å². The van der Waals surface area contributed by atoms with Crippen LogP contribution in [0.1, 0.15) is 6.42 Å². The van der Waals surface area contributed by atoms with Crippen LogP contribution in [-0.2, 0) is 20.3 Å². The number of methoxy groups -OCH3 is 1. The van der Waals surface area contributed by atoms with Crippen molar-refractivity contribution in [2.75, 3.05) is 38.4 Å². The molecule has 1 rings (SSSR count). The first-order valence-electron chi connectivity index (χ1n) is 5.65. The highest BCUT2D eigenvalue weighted by molar-refractivity contribution is 7.85. The van der Waals surface area contributed by atoms with Crippen LogP contribution in [-0.4, -0.2) is 36.9 Å². The van der Waals surface area contributed by atoms with Gasteiger partial charge in [0.05, 0.1) is 28.9 Å². The summed E-state index contributed by atoms with van der Waals surface area (Å²) in [4.78, 5) is 0.195. The topological polar surface area (TPSA) is 61.5 Å². The Kier molecular flexibility index (Phi) is 6.85. The van der Waals surface area contributed by atoms with E-state index in [2.05, 4.69) is 0 Å². The molecule has 6 heteroatoms. The summed E-state index contributed by atoms with van der Waals surface area (Å²) in [5.74, 6) is -0.151. The van der Waals surface area contributed by atoms with Crippen LogP contribution >= 0.6 is 0 Å². The van der Waals surface area contributed by atoms with Crippen LogP contribution < -0.4 is 5.73 Å². The Morgan fingerprint density at radius 2 is 2.11 bits per heavy atom. The fraction of sp³-hybridized carbons (Fsp3) is 0.500. The van der Waals surface area contributed by atoms with Crippen molar-refractivity contribution in [1.82, 2.24) is 0 Å². The number of nitrogens with two attached hydrogens (primary N) is 1. The smallest absolute Gasteiger partial charge is 0.141 e. The van der Waals surface area contributed by atoms with E-state index >= 15 is 0 Å². The molecule has 102 valence electrons. The highest BCUT2D eigenvalue weighted by Crippen LogP contribution is 2.16. The Hall–Kier alpha value is -0.980. The predicted molar refractivity (Wildman–Crippen MR) is 69.4 cm³/mol. The van der Waals surface area contributed by atoms with E-state index in [9.17, 15) is 8.60 Å². The quantitative estimate of drug-likeness (QED) is 0.578. The molecule has 1 aromatic rings. The zero-order valence-electron chi connectivity index (χ0n) is 10.4. The van der Waals surface area contributed by atoms with E-state index in [1.54, 1.807) is 13.2 Å². The van der Waals surface area contributed by atoms with Gasteiger partial charge in [-0.05, 0) is 24.6 Å². The lowest BCUT2D eigenvalue weighted by Crippen LogP contribution is -2.07. The van der Waals surface area contributed by atoms with Gasteiger partial charge in [-0.2, -0.15) is 0 Å². The summed E-state index contributed by atoms with van der Waals surface area (Å²) in [7, 11) is 0.247. The van der Waals surface area contributed by atoms with E-state index in [4.69, 9.17) is 15.2 Å². The molecule has 0 spiro atoms. The molecule has 1 unspecified atom stereocenters. The largest absolute Gasteiger partial charge is 0.399 e. The fourth-order valence-corrected chi connectivity index (χ4v) is 2.44. The second-order valence-corrected chi connectivity index (χ2v) is 5.24. The highest BCUT2D eigenvalue weighted by Gasteiger charge is 2.09. The maximum Gasteiger partial charge on any atom is 0.141 e. The fourth-order valence-electron chi connectivity index (χ4n) is 1.35. The minimum atomic E-state index is -1.35. The summed E-state index contributed by atoms with van der Waals surface area (Å²) < 4.78 is 35.3. The Morgan fingerprint density at radius 3 is 2.78 bits per heavy atom. The predicted octanol–water partition coefficient (Wildman–Crippen LogP) is 1.57. The normalized spacial score (nSPS) is 12.6. The van der Waals surface area contributed by atoms with Gasteiger partial charge in [-0.1, -0.05) is 0 Å². The van der Waals surface area contributed by atoms with Crippen molar-refractivity contribution < 1.29 is 18.1 Å². The van der Waals surface area contributed by atoms with Gasteiger partial charge in [0.25, 0.3) is 0 Å². The molecule has 0 bridgehead atoms. The summed E-state index contributed by atoms with van der Waals surface area (Å²) in [6, 6.07) is 4.19. The van der Waals surface area contributed by atoms with Crippen molar-refractivity contribution in [1.29, 1.82) is 0 Å². The Bertz CT molecular complexity index is 401. The lowest BCUT2D eigenvalue weighted by Gasteiger charge is -2.05. The molecule has 18 heavy (non-hydrogen) atoms. The van der Waals surface area contributed by atoms with Gasteiger partial charge < -0.3 is 15.2 Å². The molecule has 0 amide bonds. The molecule has 0 aromatic heterocycles. The van der Waals surface area contributed by atoms with Crippen LogP contribution in [0.2, 0.25) is 0 Å². The van der Waals surface area contributed by atoms with Crippen molar-refractivity contribution in [2.24, 2.45) is 0 Å². The first-order chi connectivity index (χ1) is 8.65. The van der Waals surface area contributed by atoms with E-state index in [-0.39, 0.29) is 4.90 Å². The molecular weight excluding hydrogens is 257 g/mol. The summed E-state index contributed by atoms with van der Waals surface area (Å²) in [6.45, 7) is 1.54. The van der Waals surface area contributed by atoms with Crippen molar-refractivity contribution in [2.45, 2.75) is 11.3 Å². The average Bonchev–Trinajstić information content (AvgIpc) is 2.33. The van der Waals surface area contributed by atoms with Crippen molar-refractivity contribution >= 4 is 16.5 Å². The summed E-state index contributed by atoms with van der Waals surface area (Å²) in [5, 5.41) is 0. The lowest BCUT2D eigenvalue weighted by atomic mass is 10.3. The van der Waals surface area contributed by atoms with Crippen molar-refractivity contribution in [3.8, 4) is 0 Å². The molecule has 4 nitrogen and oxygen atoms in total. The number of anilines is 1. The maximum atomic E-state index is 13.5. The minimum Gasteiger partial charge on any atom is -0.399 e.